The third-order valence-electron chi connectivity index (χ3n) is 2.58. The van der Waals surface area contributed by atoms with Crippen molar-refractivity contribution < 1.29 is 18.7 Å². The van der Waals surface area contributed by atoms with Gasteiger partial charge in [0.05, 0.1) is 6.61 Å². The molecule has 1 atom stereocenters. The Morgan fingerprint density at radius 2 is 2.06 bits per heavy atom. The van der Waals surface area contributed by atoms with Crippen molar-refractivity contribution >= 4 is 5.97 Å². The van der Waals surface area contributed by atoms with Crippen LogP contribution in [0.4, 0.5) is 0 Å². The average Bonchev–Trinajstić information content (AvgIpc) is 2.76. The largest absolute Gasteiger partial charge is 0.422 e. The summed E-state index contributed by atoms with van der Waals surface area (Å²) in [6.07, 6.45) is 0.00448. The van der Waals surface area contributed by atoms with Crippen molar-refractivity contribution in [2.75, 3.05) is 6.61 Å². The van der Waals surface area contributed by atoms with E-state index in [0.29, 0.717) is 18.9 Å². The first-order valence-electron chi connectivity index (χ1n) is 5.55. The highest BCUT2D eigenvalue weighted by Gasteiger charge is 2.29. The molecule has 18 heavy (non-hydrogen) atoms. The highest BCUT2D eigenvalue weighted by molar-refractivity contribution is 5.77. The Bertz CT molecular complexity index is 548. The number of nitrogens with zero attached hydrogens (tertiary/aromatic N) is 2. The van der Waals surface area contributed by atoms with Crippen LogP contribution < -0.4 is 4.74 Å². The first kappa shape index (κ1) is 10.9. The Balaban J connectivity index is 1.71. The maximum Gasteiger partial charge on any atom is 0.422 e. The lowest BCUT2D eigenvalue weighted by atomic mass is 10.2. The van der Waals surface area contributed by atoms with Crippen LogP contribution in [0.2, 0.25) is 0 Å². The number of aromatic nitrogens is 2. The molecule has 1 aromatic carbocycles. The van der Waals surface area contributed by atoms with Gasteiger partial charge >= 0.3 is 12.0 Å². The molecule has 2 aromatic rings. The summed E-state index contributed by atoms with van der Waals surface area (Å²) in [5, 5.41) is 7.47. The molecule has 1 fully saturated rings. The van der Waals surface area contributed by atoms with Crippen LogP contribution in [0.5, 0.6) is 6.08 Å². The smallest absolute Gasteiger partial charge is 0.388 e. The molecule has 3 rings (SSSR count). The number of benzene rings is 1. The van der Waals surface area contributed by atoms with Gasteiger partial charge in [0.25, 0.3) is 5.89 Å². The van der Waals surface area contributed by atoms with Crippen LogP contribution in [-0.2, 0) is 9.53 Å². The predicted octanol–water partition coefficient (Wildman–Crippen LogP) is 1.43. The molecule has 2 heterocycles. The van der Waals surface area contributed by atoms with E-state index in [9.17, 15) is 4.79 Å². The molecule has 0 saturated carbocycles. The van der Waals surface area contributed by atoms with Gasteiger partial charge < -0.3 is 13.9 Å². The molecule has 0 amide bonds. The van der Waals surface area contributed by atoms with E-state index in [1.54, 1.807) is 0 Å². The van der Waals surface area contributed by atoms with Crippen LogP contribution in [0.3, 0.4) is 0 Å². The third kappa shape index (κ3) is 2.10. The summed E-state index contributed by atoms with van der Waals surface area (Å²) in [5.41, 5.74) is 0.771. The van der Waals surface area contributed by atoms with Gasteiger partial charge in [-0.25, -0.2) is 4.79 Å². The Hall–Kier alpha value is -2.21. The molecule has 1 saturated heterocycles. The maximum atomic E-state index is 11.5. The standard InChI is InChI=1S/C12H10N2O4/c15-11(9-6-7-16-9)18-12-14-13-10(17-12)8-4-2-1-3-5-8/h1-5,9H,6-7H2. The molecular weight excluding hydrogens is 236 g/mol. The molecule has 0 N–H and O–H groups in total. The van der Waals surface area contributed by atoms with Gasteiger partial charge in [0.15, 0.2) is 6.10 Å². The summed E-state index contributed by atoms with van der Waals surface area (Å²) < 4.78 is 15.1. The molecule has 6 heteroatoms. The van der Waals surface area contributed by atoms with Crippen molar-refractivity contribution in [3.63, 3.8) is 0 Å². The summed E-state index contributed by atoms with van der Waals surface area (Å²) in [7, 11) is 0. The Morgan fingerprint density at radius 1 is 1.28 bits per heavy atom. The molecule has 0 radical (unpaired) electrons. The van der Waals surface area contributed by atoms with Crippen LogP contribution >= 0.6 is 0 Å². The highest BCUT2D eigenvalue weighted by Crippen LogP contribution is 2.21. The number of rotatable bonds is 3. The van der Waals surface area contributed by atoms with Crippen molar-refractivity contribution in [2.45, 2.75) is 12.5 Å². The van der Waals surface area contributed by atoms with E-state index in [2.05, 4.69) is 10.2 Å². The molecule has 0 bridgehead atoms. The summed E-state index contributed by atoms with van der Waals surface area (Å²) in [6, 6.07) is 9.25. The van der Waals surface area contributed by atoms with Gasteiger partial charge in [-0.3, -0.25) is 0 Å². The van der Waals surface area contributed by atoms with Crippen LogP contribution in [0, 0.1) is 0 Å². The molecule has 92 valence electrons. The van der Waals surface area contributed by atoms with E-state index in [4.69, 9.17) is 13.9 Å². The Morgan fingerprint density at radius 3 is 2.72 bits per heavy atom. The lowest BCUT2D eigenvalue weighted by Crippen LogP contribution is -2.37. The van der Waals surface area contributed by atoms with Gasteiger partial charge in [-0.05, 0) is 12.1 Å². The fourth-order valence-corrected chi connectivity index (χ4v) is 1.52. The van der Waals surface area contributed by atoms with Crippen LogP contribution in [0.25, 0.3) is 11.5 Å². The van der Waals surface area contributed by atoms with E-state index in [-0.39, 0.29) is 6.08 Å². The second kappa shape index (κ2) is 4.58. The van der Waals surface area contributed by atoms with Crippen LogP contribution in [0.15, 0.2) is 34.7 Å². The molecule has 1 aliphatic rings. The maximum absolute atomic E-state index is 11.5. The van der Waals surface area contributed by atoms with Crippen molar-refractivity contribution in [1.29, 1.82) is 0 Å². The topological polar surface area (TPSA) is 74.5 Å². The monoisotopic (exact) mass is 246 g/mol. The zero-order valence-corrected chi connectivity index (χ0v) is 9.41. The van der Waals surface area contributed by atoms with Crippen molar-refractivity contribution in [3.8, 4) is 17.5 Å². The molecule has 1 unspecified atom stereocenters. The molecular formula is C12H10N2O4. The summed E-state index contributed by atoms with van der Waals surface area (Å²) in [6.45, 7) is 0.582. The molecule has 1 aliphatic heterocycles. The normalized spacial score (nSPS) is 18.1. The lowest BCUT2D eigenvalue weighted by Gasteiger charge is -2.22. The minimum Gasteiger partial charge on any atom is -0.388 e. The Labute approximate surface area is 103 Å². The lowest BCUT2D eigenvalue weighted by molar-refractivity contribution is -0.161. The van der Waals surface area contributed by atoms with Gasteiger partial charge in [0.2, 0.25) is 0 Å². The molecule has 6 nitrogen and oxygen atoms in total. The second-order valence-corrected chi connectivity index (χ2v) is 3.81. The highest BCUT2D eigenvalue weighted by atomic mass is 16.6. The van der Waals surface area contributed by atoms with E-state index in [1.807, 2.05) is 30.3 Å². The first-order chi connectivity index (χ1) is 8.83. The van der Waals surface area contributed by atoms with Gasteiger partial charge in [-0.15, -0.1) is 5.10 Å². The number of carbonyl (C=O) groups excluding carboxylic acids is 1. The van der Waals surface area contributed by atoms with Crippen molar-refractivity contribution in [3.05, 3.63) is 30.3 Å². The summed E-state index contributed by atoms with van der Waals surface area (Å²) in [4.78, 5) is 11.5. The van der Waals surface area contributed by atoms with E-state index < -0.39 is 12.1 Å². The number of hydrogen-bond donors (Lipinski definition) is 0. The predicted molar refractivity (Wildman–Crippen MR) is 59.7 cm³/mol. The van der Waals surface area contributed by atoms with Crippen molar-refractivity contribution in [1.82, 2.24) is 10.2 Å². The van der Waals surface area contributed by atoms with Gasteiger partial charge in [-0.1, -0.05) is 23.3 Å². The van der Waals surface area contributed by atoms with Gasteiger partial charge in [0.1, 0.15) is 0 Å². The first-order valence-corrected chi connectivity index (χ1v) is 5.55. The molecule has 0 spiro atoms. The number of ether oxygens (including phenoxy) is 2. The number of hydrogen-bond acceptors (Lipinski definition) is 6. The number of carbonyl (C=O) groups is 1. The van der Waals surface area contributed by atoms with E-state index in [1.165, 1.54) is 0 Å². The minimum absolute atomic E-state index is 0.158. The second-order valence-electron chi connectivity index (χ2n) is 3.81. The third-order valence-corrected chi connectivity index (χ3v) is 2.58. The van der Waals surface area contributed by atoms with E-state index in [0.717, 1.165) is 5.56 Å². The summed E-state index contributed by atoms with van der Waals surface area (Å²) in [5.74, 6) is -0.183. The summed E-state index contributed by atoms with van der Waals surface area (Å²) >= 11 is 0. The zero-order chi connectivity index (χ0) is 12.4. The van der Waals surface area contributed by atoms with Crippen LogP contribution in [0.1, 0.15) is 6.42 Å². The van der Waals surface area contributed by atoms with Crippen LogP contribution in [-0.4, -0.2) is 28.9 Å². The Kier molecular flexibility index (Phi) is 2.77. The molecule has 0 aliphatic carbocycles. The zero-order valence-electron chi connectivity index (χ0n) is 9.41. The van der Waals surface area contributed by atoms with Gasteiger partial charge in [0, 0.05) is 12.0 Å². The molecule has 1 aromatic heterocycles. The van der Waals surface area contributed by atoms with Crippen molar-refractivity contribution in [2.24, 2.45) is 0 Å². The fourth-order valence-electron chi connectivity index (χ4n) is 1.52. The SMILES string of the molecule is O=C(Oc1nnc(-c2ccccc2)o1)C1CCO1. The number of esters is 1. The fraction of sp³-hybridized carbons (Fsp3) is 0.250. The van der Waals surface area contributed by atoms with E-state index >= 15 is 0 Å². The minimum atomic E-state index is -0.503. The van der Waals surface area contributed by atoms with Gasteiger partial charge in [-0.2, -0.15) is 0 Å². The average molecular weight is 246 g/mol. The quantitative estimate of drug-likeness (QED) is 0.763.